The molecule has 0 amide bonds. The Bertz CT molecular complexity index is 495. The van der Waals surface area contributed by atoms with Crippen LogP contribution in [0.3, 0.4) is 0 Å². The Morgan fingerprint density at radius 2 is 1.82 bits per heavy atom. The average Bonchev–Trinajstić information content (AvgIpc) is 2.30. The number of ether oxygens (including phenoxy) is 1. The van der Waals surface area contributed by atoms with Crippen LogP contribution in [0.25, 0.3) is 11.1 Å². The van der Waals surface area contributed by atoms with Crippen LogP contribution in [0.1, 0.15) is 0 Å². The first-order valence-electron chi connectivity index (χ1n) is 4.92. The van der Waals surface area contributed by atoms with Crippen molar-refractivity contribution in [1.29, 1.82) is 0 Å². The lowest BCUT2D eigenvalue weighted by molar-refractivity contribution is -0.0498. The molecular weight excluding hydrogens is 226 g/mol. The normalized spacial score (nSPS) is 10.5. The second-order valence-electron chi connectivity index (χ2n) is 3.33. The molecule has 0 heterocycles. The van der Waals surface area contributed by atoms with E-state index in [4.69, 9.17) is 0 Å². The van der Waals surface area contributed by atoms with Crippen molar-refractivity contribution in [3.05, 3.63) is 48.5 Å². The molecule has 0 saturated heterocycles. The third kappa shape index (κ3) is 2.72. The Morgan fingerprint density at radius 3 is 2.41 bits per heavy atom. The molecule has 87 valence electrons. The minimum Gasteiger partial charge on any atom is -0.507 e. The Labute approximate surface area is 97.1 Å². The lowest BCUT2D eigenvalue weighted by Gasteiger charge is -2.06. The van der Waals surface area contributed by atoms with Gasteiger partial charge in [-0.15, -0.1) is 0 Å². The molecule has 4 heteroatoms. The van der Waals surface area contributed by atoms with Gasteiger partial charge in [0.2, 0.25) is 0 Å². The molecule has 0 unspecified atom stereocenters. The summed E-state index contributed by atoms with van der Waals surface area (Å²) >= 11 is 0. The van der Waals surface area contributed by atoms with E-state index in [1.807, 2.05) is 0 Å². The van der Waals surface area contributed by atoms with Crippen molar-refractivity contribution in [2.75, 3.05) is 0 Å². The van der Waals surface area contributed by atoms with Crippen LogP contribution < -0.4 is 4.74 Å². The first kappa shape index (κ1) is 11.4. The van der Waals surface area contributed by atoms with Crippen LogP contribution in [0.2, 0.25) is 0 Å². The molecule has 0 aliphatic heterocycles. The summed E-state index contributed by atoms with van der Waals surface area (Å²) in [5, 5.41) is 9.60. The molecule has 1 radical (unpaired) electrons. The minimum absolute atomic E-state index is 0.0826. The Kier molecular flexibility index (Phi) is 3.23. The zero-order chi connectivity index (χ0) is 12.3. The topological polar surface area (TPSA) is 29.5 Å². The van der Waals surface area contributed by atoms with Crippen LogP contribution in [0.5, 0.6) is 11.5 Å². The average molecular weight is 235 g/mol. The number of phenolic OH excluding ortho intramolecular Hbond substituents is 1. The smallest absolute Gasteiger partial charge is 0.387 e. The standard InChI is InChI=1S/C13H9F2O2/c14-13(15)17-10-7-5-9(6-8-10)11-3-1-2-4-12(11)16/h1-2,4-8,13,16H. The number of benzene rings is 2. The molecule has 1 N–H and O–H groups in total. The highest BCUT2D eigenvalue weighted by atomic mass is 19.3. The largest absolute Gasteiger partial charge is 0.507 e. The lowest BCUT2D eigenvalue weighted by atomic mass is 10.0. The van der Waals surface area contributed by atoms with Gasteiger partial charge >= 0.3 is 6.61 Å². The van der Waals surface area contributed by atoms with Gasteiger partial charge in [-0.05, 0) is 29.8 Å². The molecule has 0 aliphatic rings. The number of rotatable bonds is 3. The van der Waals surface area contributed by atoms with Crippen molar-refractivity contribution >= 4 is 0 Å². The van der Waals surface area contributed by atoms with Gasteiger partial charge in [0.1, 0.15) is 11.5 Å². The molecule has 0 bridgehead atoms. The summed E-state index contributed by atoms with van der Waals surface area (Å²) in [6, 6.07) is 13.7. The van der Waals surface area contributed by atoms with E-state index in [9.17, 15) is 13.9 Å². The number of aromatic hydroxyl groups is 1. The summed E-state index contributed by atoms with van der Waals surface area (Å²) in [5.41, 5.74) is 1.21. The SMILES string of the molecule is Oc1ccc[c]c1-c1ccc(OC(F)F)cc1. The fraction of sp³-hybridized carbons (Fsp3) is 0.0769. The van der Waals surface area contributed by atoms with Gasteiger partial charge in [-0.25, -0.2) is 0 Å². The van der Waals surface area contributed by atoms with Crippen molar-refractivity contribution in [3.63, 3.8) is 0 Å². The van der Waals surface area contributed by atoms with Crippen LogP contribution in [0.4, 0.5) is 8.78 Å². The summed E-state index contributed by atoms with van der Waals surface area (Å²) in [5.74, 6) is 0.175. The molecule has 0 aromatic heterocycles. The molecular formula is C13H9F2O2. The van der Waals surface area contributed by atoms with Crippen molar-refractivity contribution < 1.29 is 18.6 Å². The van der Waals surface area contributed by atoms with Crippen LogP contribution >= 0.6 is 0 Å². The van der Waals surface area contributed by atoms with E-state index >= 15 is 0 Å². The first-order valence-corrected chi connectivity index (χ1v) is 4.92. The quantitative estimate of drug-likeness (QED) is 0.882. The van der Waals surface area contributed by atoms with E-state index in [1.54, 1.807) is 24.3 Å². The maximum Gasteiger partial charge on any atom is 0.387 e. The van der Waals surface area contributed by atoms with Crippen molar-refractivity contribution in [2.45, 2.75) is 6.61 Å². The van der Waals surface area contributed by atoms with E-state index in [-0.39, 0.29) is 11.5 Å². The zero-order valence-corrected chi connectivity index (χ0v) is 8.73. The second kappa shape index (κ2) is 4.82. The number of halogens is 2. The van der Waals surface area contributed by atoms with E-state index in [0.717, 1.165) is 0 Å². The van der Waals surface area contributed by atoms with Gasteiger partial charge in [-0.3, -0.25) is 0 Å². The molecule has 2 nitrogen and oxygen atoms in total. The monoisotopic (exact) mass is 235 g/mol. The van der Waals surface area contributed by atoms with Gasteiger partial charge in [0.15, 0.2) is 0 Å². The molecule has 2 aromatic rings. The summed E-state index contributed by atoms with van der Waals surface area (Å²) < 4.78 is 28.1. The molecule has 0 aliphatic carbocycles. The molecule has 0 saturated carbocycles. The number of alkyl halides is 2. The molecule has 0 atom stereocenters. The number of phenols is 1. The number of hydrogen-bond donors (Lipinski definition) is 1. The highest BCUT2D eigenvalue weighted by Crippen LogP contribution is 2.29. The predicted molar refractivity (Wildman–Crippen MR) is 59.0 cm³/mol. The number of hydrogen-bond acceptors (Lipinski definition) is 2. The maximum absolute atomic E-state index is 11.9. The molecule has 2 aromatic carbocycles. The van der Waals surface area contributed by atoms with Crippen molar-refractivity contribution in [1.82, 2.24) is 0 Å². The van der Waals surface area contributed by atoms with Gasteiger partial charge in [-0.1, -0.05) is 24.3 Å². The van der Waals surface area contributed by atoms with Crippen molar-refractivity contribution in [3.8, 4) is 22.6 Å². The van der Waals surface area contributed by atoms with E-state index < -0.39 is 6.61 Å². The summed E-state index contributed by atoms with van der Waals surface area (Å²) in [7, 11) is 0. The van der Waals surface area contributed by atoms with Crippen LogP contribution in [-0.4, -0.2) is 11.7 Å². The minimum atomic E-state index is -2.84. The van der Waals surface area contributed by atoms with Gasteiger partial charge in [0, 0.05) is 5.56 Å². The zero-order valence-electron chi connectivity index (χ0n) is 8.73. The van der Waals surface area contributed by atoms with Gasteiger partial charge in [0.05, 0.1) is 0 Å². The third-order valence-electron chi connectivity index (χ3n) is 2.20. The second-order valence-corrected chi connectivity index (χ2v) is 3.33. The molecule has 2 rings (SSSR count). The predicted octanol–water partition coefficient (Wildman–Crippen LogP) is 3.46. The highest BCUT2D eigenvalue weighted by molar-refractivity contribution is 5.69. The van der Waals surface area contributed by atoms with Gasteiger partial charge in [0.25, 0.3) is 0 Å². The lowest BCUT2D eigenvalue weighted by Crippen LogP contribution is -2.01. The Balaban J connectivity index is 2.27. The van der Waals surface area contributed by atoms with Crippen molar-refractivity contribution in [2.24, 2.45) is 0 Å². The van der Waals surface area contributed by atoms with Crippen LogP contribution in [0.15, 0.2) is 42.5 Å². The molecule has 17 heavy (non-hydrogen) atoms. The van der Waals surface area contributed by atoms with Gasteiger partial charge in [-0.2, -0.15) is 8.78 Å². The fourth-order valence-electron chi connectivity index (χ4n) is 1.46. The van der Waals surface area contributed by atoms with E-state index in [0.29, 0.717) is 11.1 Å². The Morgan fingerprint density at radius 1 is 1.12 bits per heavy atom. The Hall–Kier alpha value is -2.10. The summed E-state index contributed by atoms with van der Waals surface area (Å²) in [6.07, 6.45) is 0. The molecule has 0 fully saturated rings. The summed E-state index contributed by atoms with van der Waals surface area (Å²) in [4.78, 5) is 0. The van der Waals surface area contributed by atoms with E-state index in [2.05, 4.69) is 10.8 Å². The fourth-order valence-corrected chi connectivity index (χ4v) is 1.46. The van der Waals surface area contributed by atoms with Crippen LogP contribution in [-0.2, 0) is 0 Å². The van der Waals surface area contributed by atoms with Crippen LogP contribution in [0, 0.1) is 6.07 Å². The van der Waals surface area contributed by atoms with Gasteiger partial charge < -0.3 is 9.84 Å². The molecule has 0 spiro atoms. The third-order valence-corrected chi connectivity index (χ3v) is 2.20. The first-order chi connectivity index (χ1) is 8.16. The van der Waals surface area contributed by atoms with E-state index in [1.165, 1.54) is 18.2 Å². The highest BCUT2D eigenvalue weighted by Gasteiger charge is 2.06. The maximum atomic E-state index is 11.9. The summed E-state index contributed by atoms with van der Waals surface area (Å²) in [6.45, 7) is -2.84.